The lowest BCUT2D eigenvalue weighted by molar-refractivity contribution is -0.108. The van der Waals surface area contributed by atoms with Crippen LogP contribution in [0.4, 0.5) is 0 Å². The first-order valence-corrected chi connectivity index (χ1v) is 11.0. The molecule has 2 heterocycles. The van der Waals surface area contributed by atoms with Crippen LogP contribution in [0, 0.1) is 0 Å². The Morgan fingerprint density at radius 1 is 0.647 bits per heavy atom. The molecule has 0 fully saturated rings. The van der Waals surface area contributed by atoms with Crippen molar-refractivity contribution in [3.8, 4) is 0 Å². The second-order valence-corrected chi connectivity index (χ2v) is 7.58. The quantitative estimate of drug-likeness (QED) is 0.345. The summed E-state index contributed by atoms with van der Waals surface area (Å²) in [6.07, 6.45) is -0.943. The van der Waals surface area contributed by atoms with Gasteiger partial charge in [-0.2, -0.15) is 0 Å². The molecule has 0 saturated heterocycles. The van der Waals surface area contributed by atoms with Crippen LogP contribution in [0.5, 0.6) is 0 Å². The van der Waals surface area contributed by atoms with E-state index >= 15 is 0 Å². The molecule has 2 aromatic rings. The molecule has 34 heavy (non-hydrogen) atoms. The van der Waals surface area contributed by atoms with Crippen LogP contribution in [0.3, 0.4) is 0 Å². The Morgan fingerprint density at radius 3 is 1.74 bits per heavy atom. The van der Waals surface area contributed by atoms with Crippen molar-refractivity contribution in [1.82, 2.24) is 9.96 Å². The highest BCUT2D eigenvalue weighted by atomic mass is 16.7. The lowest BCUT2D eigenvalue weighted by atomic mass is 10.1. The van der Waals surface area contributed by atoms with Crippen LogP contribution in [-0.4, -0.2) is 85.6 Å². The smallest absolute Gasteiger partial charge is 0.285 e. The molecule has 3 amide bonds. The Bertz CT molecular complexity index is 1010. The SMILES string of the molecule is O=C1c2ccccc2C(=O)N1OCCOCCOCCOCCN1C(=O)c2ccccc2C1O. The fourth-order valence-electron chi connectivity index (χ4n) is 3.75. The van der Waals surface area contributed by atoms with Crippen molar-refractivity contribution in [1.29, 1.82) is 0 Å². The third-order valence-corrected chi connectivity index (χ3v) is 5.45. The monoisotopic (exact) mass is 470 g/mol. The van der Waals surface area contributed by atoms with Gasteiger partial charge in [-0.3, -0.25) is 19.2 Å². The summed E-state index contributed by atoms with van der Waals surface area (Å²) in [7, 11) is 0. The fourth-order valence-corrected chi connectivity index (χ4v) is 3.75. The highest BCUT2D eigenvalue weighted by Gasteiger charge is 2.36. The predicted molar refractivity (Wildman–Crippen MR) is 118 cm³/mol. The number of aliphatic hydroxyl groups excluding tert-OH is 1. The second-order valence-electron chi connectivity index (χ2n) is 7.58. The molecule has 4 rings (SSSR count). The van der Waals surface area contributed by atoms with Gasteiger partial charge in [0, 0.05) is 17.7 Å². The number of hydrogen-bond acceptors (Lipinski definition) is 8. The molecule has 10 nitrogen and oxygen atoms in total. The Hall–Kier alpha value is -3.15. The molecule has 2 aliphatic rings. The molecular weight excluding hydrogens is 444 g/mol. The van der Waals surface area contributed by atoms with Crippen molar-refractivity contribution in [2.75, 3.05) is 52.8 Å². The number of nitrogens with zero attached hydrogens (tertiary/aromatic N) is 2. The number of aliphatic hydroxyl groups is 1. The van der Waals surface area contributed by atoms with Gasteiger partial charge in [0.25, 0.3) is 17.7 Å². The number of amides is 3. The van der Waals surface area contributed by atoms with Gasteiger partial charge in [-0.1, -0.05) is 30.3 Å². The van der Waals surface area contributed by atoms with Crippen LogP contribution in [0.25, 0.3) is 0 Å². The molecule has 1 atom stereocenters. The Kier molecular flexibility index (Phi) is 7.99. The minimum atomic E-state index is -0.943. The number of benzene rings is 2. The van der Waals surface area contributed by atoms with Gasteiger partial charge in [0.1, 0.15) is 0 Å². The van der Waals surface area contributed by atoms with E-state index in [4.69, 9.17) is 19.0 Å². The molecule has 2 aliphatic heterocycles. The zero-order valence-corrected chi connectivity index (χ0v) is 18.6. The number of imide groups is 1. The molecule has 0 saturated carbocycles. The molecule has 1 N–H and O–H groups in total. The van der Waals surface area contributed by atoms with Gasteiger partial charge in [0.15, 0.2) is 6.23 Å². The van der Waals surface area contributed by atoms with Gasteiger partial charge in [-0.25, -0.2) is 0 Å². The first-order chi connectivity index (χ1) is 16.6. The van der Waals surface area contributed by atoms with Crippen molar-refractivity contribution in [3.05, 3.63) is 70.8 Å². The number of fused-ring (bicyclic) bond motifs is 2. The molecule has 2 aromatic carbocycles. The minimum absolute atomic E-state index is 0.0551. The molecule has 1 unspecified atom stereocenters. The van der Waals surface area contributed by atoms with Gasteiger partial charge in [-0.05, 0) is 18.2 Å². The molecule has 0 radical (unpaired) electrons. The largest absolute Gasteiger partial charge is 0.377 e. The van der Waals surface area contributed by atoms with Gasteiger partial charge in [0.05, 0.1) is 57.4 Å². The summed E-state index contributed by atoms with van der Waals surface area (Å²) in [6.45, 7) is 2.17. The lowest BCUT2D eigenvalue weighted by Gasteiger charge is -2.20. The van der Waals surface area contributed by atoms with E-state index in [0.717, 1.165) is 5.06 Å². The molecule has 0 aromatic heterocycles. The van der Waals surface area contributed by atoms with E-state index in [2.05, 4.69) is 0 Å². The maximum atomic E-state index is 12.3. The maximum absolute atomic E-state index is 12.3. The zero-order valence-electron chi connectivity index (χ0n) is 18.6. The number of carbonyl (C=O) groups is 3. The average molecular weight is 470 g/mol. The average Bonchev–Trinajstić information content (AvgIpc) is 3.25. The van der Waals surface area contributed by atoms with Gasteiger partial charge in [0.2, 0.25) is 0 Å². The maximum Gasteiger partial charge on any atom is 0.285 e. The second kappa shape index (κ2) is 11.3. The van der Waals surface area contributed by atoms with E-state index in [0.29, 0.717) is 48.7 Å². The normalized spacial score (nSPS) is 17.0. The van der Waals surface area contributed by atoms with Crippen LogP contribution < -0.4 is 0 Å². The summed E-state index contributed by atoms with van der Waals surface area (Å²) >= 11 is 0. The number of ether oxygens (including phenoxy) is 3. The van der Waals surface area contributed by atoms with E-state index in [1.807, 2.05) is 0 Å². The number of carbonyl (C=O) groups excluding carboxylic acids is 3. The Morgan fingerprint density at radius 2 is 1.15 bits per heavy atom. The first-order valence-electron chi connectivity index (χ1n) is 11.0. The summed E-state index contributed by atoms with van der Waals surface area (Å²) in [5.41, 5.74) is 1.80. The predicted octanol–water partition coefficient (Wildman–Crippen LogP) is 1.41. The van der Waals surface area contributed by atoms with Gasteiger partial charge in [-0.15, -0.1) is 5.06 Å². The van der Waals surface area contributed by atoms with E-state index < -0.39 is 18.0 Å². The summed E-state index contributed by atoms with van der Waals surface area (Å²) < 4.78 is 16.3. The van der Waals surface area contributed by atoms with Crippen molar-refractivity contribution < 1.29 is 38.5 Å². The van der Waals surface area contributed by atoms with E-state index in [1.54, 1.807) is 48.5 Å². The van der Waals surface area contributed by atoms with E-state index in [-0.39, 0.29) is 32.3 Å². The summed E-state index contributed by atoms with van der Waals surface area (Å²) in [6, 6.07) is 13.6. The summed E-state index contributed by atoms with van der Waals surface area (Å²) in [5, 5.41) is 11.0. The van der Waals surface area contributed by atoms with Crippen molar-refractivity contribution >= 4 is 17.7 Å². The van der Waals surface area contributed by atoms with Crippen LogP contribution in [0.1, 0.15) is 42.9 Å². The highest BCUT2D eigenvalue weighted by molar-refractivity contribution is 6.20. The lowest BCUT2D eigenvalue weighted by Crippen LogP contribution is -2.31. The van der Waals surface area contributed by atoms with E-state index in [9.17, 15) is 19.5 Å². The number of rotatable bonds is 13. The third kappa shape index (κ3) is 5.16. The van der Waals surface area contributed by atoms with Gasteiger partial charge >= 0.3 is 0 Å². The van der Waals surface area contributed by atoms with Crippen LogP contribution in [-0.2, 0) is 19.0 Å². The van der Waals surface area contributed by atoms with Crippen molar-refractivity contribution in [2.45, 2.75) is 6.23 Å². The molecule has 180 valence electrons. The summed E-state index contributed by atoms with van der Waals surface area (Å²) in [4.78, 5) is 43.3. The Balaban J connectivity index is 0.997. The van der Waals surface area contributed by atoms with Crippen LogP contribution in [0.2, 0.25) is 0 Å². The topological polar surface area (TPSA) is 115 Å². The highest BCUT2D eigenvalue weighted by Crippen LogP contribution is 2.30. The molecule has 0 aliphatic carbocycles. The van der Waals surface area contributed by atoms with Crippen molar-refractivity contribution in [3.63, 3.8) is 0 Å². The van der Waals surface area contributed by atoms with Crippen molar-refractivity contribution in [2.24, 2.45) is 0 Å². The fraction of sp³-hybridized carbons (Fsp3) is 0.375. The standard InChI is InChI=1S/C24H26N2O8/c27-21-17-5-1-2-6-18(17)22(28)25(21)9-10-31-11-12-32-13-14-33-15-16-34-26-23(29)19-7-3-4-8-20(19)24(26)30/h1-8,21,27H,9-16H2. The third-order valence-electron chi connectivity index (χ3n) is 5.45. The summed E-state index contributed by atoms with van der Waals surface area (Å²) in [5.74, 6) is -1.15. The first kappa shape index (κ1) is 24.0. The zero-order chi connectivity index (χ0) is 23.9. The van der Waals surface area contributed by atoms with E-state index in [1.165, 1.54) is 4.90 Å². The molecule has 0 bridgehead atoms. The number of hydroxylamine groups is 2. The van der Waals surface area contributed by atoms with Crippen LogP contribution >= 0.6 is 0 Å². The Labute approximate surface area is 196 Å². The molecule has 10 heteroatoms. The number of hydrogen-bond donors (Lipinski definition) is 1. The molecular formula is C24H26N2O8. The minimum Gasteiger partial charge on any atom is -0.377 e. The molecule has 0 spiro atoms. The van der Waals surface area contributed by atoms with Gasteiger partial charge < -0.3 is 24.2 Å². The van der Waals surface area contributed by atoms with Crippen LogP contribution in [0.15, 0.2) is 48.5 Å².